The number of likely N-dealkylation sites (tertiary alicyclic amines) is 1. The fourth-order valence-electron chi connectivity index (χ4n) is 4.95. The normalized spacial score (nSPS) is 31.1. The van der Waals surface area contributed by atoms with E-state index in [4.69, 9.17) is 0 Å². The molecule has 4 heteroatoms. The molecule has 0 bridgehead atoms. The molecule has 1 atom stereocenters. The molecule has 3 rings (SSSR count). The largest absolute Gasteiger partial charge is 0.301 e. The van der Waals surface area contributed by atoms with E-state index in [9.17, 15) is 9.59 Å². The Hall–Kier alpha value is -0.900. The quantitative estimate of drug-likeness (QED) is 0.795. The van der Waals surface area contributed by atoms with E-state index in [-0.39, 0.29) is 23.1 Å². The van der Waals surface area contributed by atoms with Crippen molar-refractivity contribution in [3.63, 3.8) is 0 Å². The van der Waals surface area contributed by atoms with Crippen molar-refractivity contribution in [3.8, 4) is 0 Å². The average Bonchev–Trinajstić information content (AvgIpc) is 2.91. The van der Waals surface area contributed by atoms with Gasteiger partial charge in [-0.2, -0.15) is 0 Å². The highest BCUT2D eigenvalue weighted by Crippen LogP contribution is 2.51. The summed E-state index contributed by atoms with van der Waals surface area (Å²) in [6, 6.07) is 0.556. The average molecular weight is 292 g/mol. The molecule has 118 valence electrons. The molecule has 1 saturated carbocycles. The summed E-state index contributed by atoms with van der Waals surface area (Å²) in [5.41, 5.74) is -0.0557. The van der Waals surface area contributed by atoms with E-state index < -0.39 is 0 Å². The third-order valence-corrected chi connectivity index (χ3v) is 6.11. The summed E-state index contributed by atoms with van der Waals surface area (Å²) in [6.45, 7) is 6.51. The van der Waals surface area contributed by atoms with Crippen LogP contribution in [-0.2, 0) is 9.59 Å². The SMILES string of the molecule is CC(C)N1CCC2(CC1)CC(=O)NC(=O)C2C1CCCC1. The molecule has 3 fully saturated rings. The van der Waals surface area contributed by atoms with Gasteiger partial charge in [0.25, 0.3) is 0 Å². The van der Waals surface area contributed by atoms with Crippen molar-refractivity contribution in [1.29, 1.82) is 0 Å². The molecule has 3 aliphatic rings. The number of rotatable bonds is 2. The van der Waals surface area contributed by atoms with Crippen LogP contribution in [0, 0.1) is 17.3 Å². The fraction of sp³-hybridized carbons (Fsp3) is 0.882. The zero-order chi connectivity index (χ0) is 15.0. The van der Waals surface area contributed by atoms with E-state index in [0.29, 0.717) is 18.4 Å². The summed E-state index contributed by atoms with van der Waals surface area (Å²) in [5, 5.41) is 2.62. The Morgan fingerprint density at radius 3 is 2.33 bits per heavy atom. The number of nitrogens with one attached hydrogen (secondary N) is 1. The second kappa shape index (κ2) is 5.71. The molecular weight excluding hydrogens is 264 g/mol. The molecule has 0 aromatic rings. The van der Waals surface area contributed by atoms with E-state index in [1.54, 1.807) is 0 Å². The maximum absolute atomic E-state index is 12.5. The molecule has 21 heavy (non-hydrogen) atoms. The first-order valence-electron chi connectivity index (χ1n) is 8.59. The van der Waals surface area contributed by atoms with Crippen LogP contribution in [0.4, 0.5) is 0 Å². The summed E-state index contributed by atoms with van der Waals surface area (Å²) in [4.78, 5) is 27.0. The Balaban J connectivity index is 1.82. The lowest BCUT2D eigenvalue weighted by Gasteiger charge is -2.50. The van der Waals surface area contributed by atoms with E-state index in [1.807, 2.05) is 0 Å². The number of imide groups is 1. The van der Waals surface area contributed by atoms with Crippen LogP contribution in [0.25, 0.3) is 0 Å². The van der Waals surface area contributed by atoms with Crippen LogP contribution in [0.1, 0.15) is 58.8 Å². The fourth-order valence-corrected chi connectivity index (χ4v) is 4.95. The van der Waals surface area contributed by atoms with Crippen LogP contribution in [-0.4, -0.2) is 35.8 Å². The first-order valence-corrected chi connectivity index (χ1v) is 8.59. The molecule has 0 radical (unpaired) electrons. The van der Waals surface area contributed by atoms with Crippen molar-refractivity contribution in [2.45, 2.75) is 64.8 Å². The monoisotopic (exact) mass is 292 g/mol. The number of nitrogens with zero attached hydrogens (tertiary/aromatic N) is 1. The van der Waals surface area contributed by atoms with Crippen LogP contribution < -0.4 is 5.32 Å². The van der Waals surface area contributed by atoms with Gasteiger partial charge in [0.15, 0.2) is 0 Å². The van der Waals surface area contributed by atoms with E-state index in [0.717, 1.165) is 25.9 Å². The minimum absolute atomic E-state index is 0.0242. The number of amides is 2. The Morgan fingerprint density at radius 1 is 1.14 bits per heavy atom. The Labute approximate surface area is 127 Å². The lowest BCUT2D eigenvalue weighted by molar-refractivity contribution is -0.149. The Bertz CT molecular complexity index is 419. The van der Waals surface area contributed by atoms with Gasteiger partial charge in [0.05, 0.1) is 0 Å². The van der Waals surface area contributed by atoms with Gasteiger partial charge in [-0.25, -0.2) is 0 Å². The Morgan fingerprint density at radius 2 is 1.76 bits per heavy atom. The van der Waals surface area contributed by atoms with Crippen LogP contribution in [0.3, 0.4) is 0 Å². The number of hydrogen-bond donors (Lipinski definition) is 1. The van der Waals surface area contributed by atoms with Gasteiger partial charge in [-0.15, -0.1) is 0 Å². The second-order valence-electron chi connectivity index (χ2n) is 7.60. The van der Waals surface area contributed by atoms with Crippen molar-refractivity contribution in [2.24, 2.45) is 17.3 Å². The number of carbonyl (C=O) groups excluding carboxylic acids is 2. The Kier molecular flexibility index (Phi) is 4.08. The summed E-state index contributed by atoms with van der Waals surface area (Å²) in [6.07, 6.45) is 7.40. The van der Waals surface area contributed by atoms with Gasteiger partial charge < -0.3 is 4.90 Å². The predicted octanol–water partition coefficient (Wildman–Crippen LogP) is 2.33. The van der Waals surface area contributed by atoms with Crippen LogP contribution in [0.15, 0.2) is 0 Å². The van der Waals surface area contributed by atoms with E-state index in [1.165, 1.54) is 25.7 Å². The minimum atomic E-state index is -0.0557. The van der Waals surface area contributed by atoms with Gasteiger partial charge in [0, 0.05) is 18.4 Å². The van der Waals surface area contributed by atoms with Crippen molar-refractivity contribution in [2.75, 3.05) is 13.1 Å². The topological polar surface area (TPSA) is 49.4 Å². The van der Waals surface area contributed by atoms with Crippen LogP contribution in [0.2, 0.25) is 0 Å². The molecule has 2 heterocycles. The standard InChI is InChI=1S/C17H28N2O2/c1-12(2)19-9-7-17(8-10-19)11-14(20)18-16(21)15(17)13-5-3-4-6-13/h12-13,15H,3-11H2,1-2H3,(H,18,20,21). The van der Waals surface area contributed by atoms with Crippen molar-refractivity contribution >= 4 is 11.8 Å². The number of carbonyl (C=O) groups is 2. The molecular formula is C17H28N2O2. The predicted molar refractivity (Wildman–Crippen MR) is 81.6 cm³/mol. The van der Waals surface area contributed by atoms with E-state index in [2.05, 4.69) is 24.1 Å². The lowest BCUT2D eigenvalue weighted by atomic mass is 9.60. The van der Waals surface area contributed by atoms with E-state index >= 15 is 0 Å². The van der Waals surface area contributed by atoms with Gasteiger partial charge in [-0.1, -0.05) is 12.8 Å². The van der Waals surface area contributed by atoms with Gasteiger partial charge in [-0.3, -0.25) is 14.9 Å². The van der Waals surface area contributed by atoms with Crippen LogP contribution in [0.5, 0.6) is 0 Å². The van der Waals surface area contributed by atoms with Crippen molar-refractivity contribution < 1.29 is 9.59 Å². The maximum atomic E-state index is 12.5. The first kappa shape index (κ1) is 15.0. The van der Waals surface area contributed by atoms with Crippen molar-refractivity contribution in [1.82, 2.24) is 10.2 Å². The summed E-state index contributed by atoms with van der Waals surface area (Å²) < 4.78 is 0. The van der Waals surface area contributed by atoms with Gasteiger partial charge >= 0.3 is 0 Å². The molecule has 1 unspecified atom stereocenters. The number of hydrogen-bond acceptors (Lipinski definition) is 3. The molecule has 1 aliphatic carbocycles. The molecule has 0 aromatic heterocycles. The highest BCUT2D eigenvalue weighted by atomic mass is 16.2. The maximum Gasteiger partial charge on any atom is 0.230 e. The number of piperidine rings is 2. The molecule has 2 saturated heterocycles. The summed E-state index contributed by atoms with van der Waals surface area (Å²) >= 11 is 0. The zero-order valence-electron chi connectivity index (χ0n) is 13.4. The summed E-state index contributed by atoms with van der Waals surface area (Å²) in [5.74, 6) is 0.555. The molecule has 4 nitrogen and oxygen atoms in total. The third-order valence-electron chi connectivity index (χ3n) is 6.11. The van der Waals surface area contributed by atoms with Crippen molar-refractivity contribution in [3.05, 3.63) is 0 Å². The smallest absolute Gasteiger partial charge is 0.230 e. The summed E-state index contributed by atoms with van der Waals surface area (Å²) in [7, 11) is 0. The van der Waals surface area contributed by atoms with Gasteiger partial charge in [0.1, 0.15) is 0 Å². The molecule has 0 aromatic carbocycles. The molecule has 1 N–H and O–H groups in total. The second-order valence-corrected chi connectivity index (χ2v) is 7.60. The van der Waals surface area contributed by atoms with Crippen LogP contribution >= 0.6 is 0 Å². The lowest BCUT2D eigenvalue weighted by Crippen LogP contribution is -2.58. The highest BCUT2D eigenvalue weighted by Gasteiger charge is 2.52. The molecule has 1 spiro atoms. The van der Waals surface area contributed by atoms with Gasteiger partial charge in [0.2, 0.25) is 11.8 Å². The minimum Gasteiger partial charge on any atom is -0.301 e. The van der Waals surface area contributed by atoms with Gasteiger partial charge in [-0.05, 0) is 64.0 Å². The molecule has 2 aliphatic heterocycles. The third kappa shape index (κ3) is 2.75. The first-order chi connectivity index (χ1) is 10.0. The zero-order valence-corrected chi connectivity index (χ0v) is 13.4. The highest BCUT2D eigenvalue weighted by molar-refractivity contribution is 5.99. The molecule has 2 amide bonds.